The van der Waals surface area contributed by atoms with E-state index in [1.807, 2.05) is 6.08 Å². The maximum Gasteiger partial charge on any atom is 0.302 e. The summed E-state index contributed by atoms with van der Waals surface area (Å²) in [5, 5.41) is 0. The summed E-state index contributed by atoms with van der Waals surface area (Å²) >= 11 is 0. The maximum atomic E-state index is 13.5. The van der Waals surface area contributed by atoms with Gasteiger partial charge in [-0.05, 0) is 61.3 Å². The molecule has 0 amide bonds. The number of carbonyl (C=O) groups excluding carboxylic acids is 2. The first-order chi connectivity index (χ1) is 13.8. The third kappa shape index (κ3) is 2.19. The molecule has 1 saturated heterocycles. The van der Waals surface area contributed by atoms with Gasteiger partial charge >= 0.3 is 5.97 Å². The lowest BCUT2D eigenvalue weighted by Crippen LogP contribution is -2.59. The maximum absolute atomic E-state index is 13.5. The highest BCUT2D eigenvalue weighted by Gasteiger charge is 2.79. The van der Waals surface area contributed by atoms with Gasteiger partial charge in [-0.2, -0.15) is 0 Å². The normalized spacial score (nSPS) is 51.6. The van der Waals surface area contributed by atoms with E-state index in [9.17, 15) is 9.59 Å². The molecule has 0 bridgehead atoms. The first kappa shape index (κ1) is 18.6. The molecule has 0 aromatic rings. The average Bonchev–Trinajstić information content (AvgIpc) is 3.23. The van der Waals surface area contributed by atoms with E-state index in [4.69, 9.17) is 14.2 Å². The Kier molecular flexibility index (Phi) is 3.67. The number of esters is 1. The molecule has 6 rings (SSSR count). The molecule has 5 nitrogen and oxygen atoms in total. The van der Waals surface area contributed by atoms with Crippen molar-refractivity contribution >= 4 is 11.8 Å². The van der Waals surface area contributed by atoms with Crippen LogP contribution in [-0.4, -0.2) is 36.9 Å². The Morgan fingerprint density at radius 2 is 1.90 bits per heavy atom. The highest BCUT2D eigenvalue weighted by Crippen LogP contribution is 2.77. The van der Waals surface area contributed by atoms with Crippen molar-refractivity contribution in [3.05, 3.63) is 11.6 Å². The Labute approximate surface area is 172 Å². The zero-order valence-electron chi connectivity index (χ0n) is 17.7. The van der Waals surface area contributed by atoms with Crippen LogP contribution in [0.5, 0.6) is 0 Å². The molecule has 0 unspecified atom stereocenters. The first-order valence-corrected chi connectivity index (χ1v) is 11.5. The van der Waals surface area contributed by atoms with Crippen LogP contribution < -0.4 is 0 Å². The Morgan fingerprint density at radius 3 is 2.62 bits per heavy atom. The predicted octanol–water partition coefficient (Wildman–Crippen LogP) is 3.66. The lowest BCUT2D eigenvalue weighted by atomic mass is 9.46. The summed E-state index contributed by atoms with van der Waals surface area (Å²) in [5.41, 5.74) is 1.22. The molecule has 0 radical (unpaired) electrons. The largest absolute Gasteiger partial charge is 0.462 e. The topological polar surface area (TPSA) is 61.8 Å². The highest BCUT2D eigenvalue weighted by molar-refractivity contribution is 5.94. The van der Waals surface area contributed by atoms with Crippen molar-refractivity contribution in [2.75, 3.05) is 13.2 Å². The third-order valence-electron chi connectivity index (χ3n) is 9.80. The van der Waals surface area contributed by atoms with Crippen LogP contribution in [0.3, 0.4) is 0 Å². The second kappa shape index (κ2) is 5.73. The van der Waals surface area contributed by atoms with E-state index >= 15 is 0 Å². The number of hydrogen-bond donors (Lipinski definition) is 0. The molecule has 29 heavy (non-hydrogen) atoms. The molecule has 1 spiro atoms. The quantitative estimate of drug-likeness (QED) is 0.629. The second-order valence-corrected chi connectivity index (χ2v) is 10.9. The fraction of sp³-hybridized carbons (Fsp3) is 0.833. The Balaban J connectivity index is 1.36. The number of allylic oxidation sites excluding steroid dienone is 1. The molecule has 6 aliphatic rings. The van der Waals surface area contributed by atoms with E-state index in [1.165, 1.54) is 12.5 Å². The zero-order chi connectivity index (χ0) is 20.2. The molecular weight excluding hydrogens is 368 g/mol. The minimum absolute atomic E-state index is 0.0497. The van der Waals surface area contributed by atoms with Crippen molar-refractivity contribution in [1.29, 1.82) is 0 Å². The van der Waals surface area contributed by atoms with E-state index in [1.54, 1.807) is 0 Å². The molecule has 5 aliphatic carbocycles. The first-order valence-electron chi connectivity index (χ1n) is 11.5. The van der Waals surface area contributed by atoms with Crippen molar-refractivity contribution in [3.63, 3.8) is 0 Å². The second-order valence-electron chi connectivity index (χ2n) is 10.9. The monoisotopic (exact) mass is 400 g/mol. The number of ether oxygens (including phenoxy) is 3. The number of carbonyl (C=O) groups is 2. The van der Waals surface area contributed by atoms with Crippen molar-refractivity contribution in [2.24, 2.45) is 40.4 Å². The SMILES string of the molecule is CC(=O)O[C@H]1CC[C@@]2(C)C(=CC(=O)[C@H]3[C@@H]4[C@@H]5C[C@@H]5C5(OCCO5)[C@@]4(C)CC[C@@H]32)C1. The number of rotatable bonds is 1. The van der Waals surface area contributed by atoms with E-state index in [2.05, 4.69) is 13.8 Å². The van der Waals surface area contributed by atoms with Crippen LogP contribution in [0.25, 0.3) is 0 Å². The summed E-state index contributed by atoms with van der Waals surface area (Å²) < 4.78 is 18.2. The lowest BCUT2D eigenvalue weighted by Gasteiger charge is -2.59. The van der Waals surface area contributed by atoms with Gasteiger partial charge in [-0.15, -0.1) is 0 Å². The fourth-order valence-electron chi connectivity index (χ4n) is 8.58. The standard InChI is InChI=1S/C24H32O5/c1-13(25)29-15-4-6-22(2)14(10-15)11-19(26)20-17(22)5-7-23(3)21(20)16-12-18(16)24(23)27-8-9-28-24/h11,15-18,20-21H,4-10,12H2,1-3H3/t15-,16+,17-,18-,20-,21-,22-,23-/m0/s1. The zero-order valence-corrected chi connectivity index (χ0v) is 17.7. The van der Waals surface area contributed by atoms with Crippen LogP contribution in [-0.2, 0) is 23.8 Å². The Bertz CT molecular complexity index is 810. The Morgan fingerprint density at radius 1 is 1.14 bits per heavy atom. The summed E-state index contributed by atoms with van der Waals surface area (Å²) in [6.45, 7) is 7.56. The Hall–Kier alpha value is -1.20. The molecule has 4 saturated carbocycles. The molecule has 8 atom stereocenters. The van der Waals surface area contributed by atoms with Crippen molar-refractivity contribution in [2.45, 2.75) is 71.2 Å². The summed E-state index contributed by atoms with van der Waals surface area (Å²) in [7, 11) is 0. The van der Waals surface area contributed by atoms with Crippen LogP contribution in [0.4, 0.5) is 0 Å². The number of hydrogen-bond acceptors (Lipinski definition) is 5. The molecule has 5 heteroatoms. The van der Waals surface area contributed by atoms with E-state index in [0.29, 0.717) is 42.7 Å². The van der Waals surface area contributed by atoms with Crippen molar-refractivity contribution in [1.82, 2.24) is 0 Å². The number of ketones is 1. The van der Waals surface area contributed by atoms with Gasteiger partial charge in [-0.25, -0.2) is 0 Å². The third-order valence-corrected chi connectivity index (χ3v) is 9.80. The van der Waals surface area contributed by atoms with Gasteiger partial charge in [0, 0.05) is 30.6 Å². The van der Waals surface area contributed by atoms with Crippen LogP contribution in [0.1, 0.15) is 59.3 Å². The summed E-state index contributed by atoms with van der Waals surface area (Å²) in [5.74, 6) is 1.56. The predicted molar refractivity (Wildman–Crippen MR) is 105 cm³/mol. The smallest absolute Gasteiger partial charge is 0.302 e. The van der Waals surface area contributed by atoms with E-state index < -0.39 is 5.79 Å². The molecule has 0 aromatic heterocycles. The summed E-state index contributed by atoms with van der Waals surface area (Å²) in [6.07, 6.45) is 7.77. The molecule has 5 fully saturated rings. The highest BCUT2D eigenvalue weighted by atomic mass is 16.7. The number of fused-ring (bicyclic) bond motifs is 9. The van der Waals surface area contributed by atoms with E-state index in [-0.39, 0.29) is 28.8 Å². The van der Waals surface area contributed by atoms with Crippen LogP contribution in [0.2, 0.25) is 0 Å². The summed E-state index contributed by atoms with van der Waals surface area (Å²) in [6, 6.07) is 0. The van der Waals surface area contributed by atoms with Gasteiger partial charge in [0.15, 0.2) is 11.6 Å². The lowest BCUT2D eigenvalue weighted by molar-refractivity contribution is -0.258. The van der Waals surface area contributed by atoms with Gasteiger partial charge in [-0.1, -0.05) is 19.4 Å². The van der Waals surface area contributed by atoms with Gasteiger partial charge in [0.25, 0.3) is 0 Å². The van der Waals surface area contributed by atoms with Gasteiger partial charge in [0.2, 0.25) is 0 Å². The van der Waals surface area contributed by atoms with Gasteiger partial charge < -0.3 is 14.2 Å². The minimum atomic E-state index is -0.439. The van der Waals surface area contributed by atoms with Crippen LogP contribution in [0, 0.1) is 40.4 Å². The van der Waals surface area contributed by atoms with Crippen LogP contribution in [0.15, 0.2) is 11.6 Å². The van der Waals surface area contributed by atoms with Gasteiger partial charge in [-0.3, -0.25) is 9.59 Å². The molecule has 158 valence electrons. The molecule has 1 aliphatic heterocycles. The molecular formula is C24H32O5. The van der Waals surface area contributed by atoms with Crippen molar-refractivity contribution in [3.8, 4) is 0 Å². The average molecular weight is 401 g/mol. The fourth-order valence-corrected chi connectivity index (χ4v) is 8.58. The van der Waals surface area contributed by atoms with Crippen LogP contribution >= 0.6 is 0 Å². The van der Waals surface area contributed by atoms with E-state index in [0.717, 1.165) is 38.5 Å². The molecule has 0 aromatic carbocycles. The van der Waals surface area contributed by atoms with Gasteiger partial charge in [0.1, 0.15) is 6.10 Å². The molecule has 0 N–H and O–H groups in total. The summed E-state index contributed by atoms with van der Waals surface area (Å²) in [4.78, 5) is 25.0. The minimum Gasteiger partial charge on any atom is -0.462 e. The molecule has 1 heterocycles. The van der Waals surface area contributed by atoms with Gasteiger partial charge in [0.05, 0.1) is 13.2 Å². The van der Waals surface area contributed by atoms with Crippen molar-refractivity contribution < 1.29 is 23.8 Å².